The number of benzene rings is 1. The van der Waals surface area contributed by atoms with Gasteiger partial charge < -0.3 is 9.73 Å². The van der Waals surface area contributed by atoms with Crippen LogP contribution in [0.25, 0.3) is 10.2 Å². The van der Waals surface area contributed by atoms with E-state index in [2.05, 4.69) is 34.8 Å². The molecule has 0 unspecified atom stereocenters. The number of nitrogens with one attached hydrogen (secondary N) is 1. The fraction of sp³-hybridized carbons (Fsp3) is 0.154. The summed E-state index contributed by atoms with van der Waals surface area (Å²) in [5.41, 5.74) is 1.04. The fourth-order valence-corrected chi connectivity index (χ4v) is 3.10. The first kappa shape index (κ1) is 11.6. The molecule has 0 aliphatic heterocycles. The van der Waals surface area contributed by atoms with E-state index in [0.717, 1.165) is 16.4 Å². The quantitative estimate of drug-likeness (QED) is 0.724. The van der Waals surface area contributed by atoms with Crippen LogP contribution in [0.4, 0.5) is 5.13 Å². The summed E-state index contributed by atoms with van der Waals surface area (Å²) in [6.07, 6.45) is 3.76. The van der Waals surface area contributed by atoms with Gasteiger partial charge in [-0.2, -0.15) is 0 Å². The molecule has 3 aromatic rings. The molecular formula is C13H12N2OS2. The third-order valence-electron chi connectivity index (χ3n) is 2.59. The Morgan fingerprint density at radius 3 is 3.11 bits per heavy atom. The summed E-state index contributed by atoms with van der Waals surface area (Å²) in [5, 5.41) is 4.21. The van der Waals surface area contributed by atoms with Crippen molar-refractivity contribution in [2.75, 3.05) is 11.6 Å². The number of thioether (sulfide) groups is 1. The number of hydrogen-bond acceptors (Lipinski definition) is 5. The molecule has 1 N–H and O–H groups in total. The van der Waals surface area contributed by atoms with Crippen molar-refractivity contribution in [1.29, 1.82) is 0 Å². The second-order valence-corrected chi connectivity index (χ2v) is 5.70. The molecule has 0 amide bonds. The standard InChI is InChI=1S/C13H12N2OS2/c1-17-10-4-5-11-12(7-10)18-13(15-11)14-8-9-3-2-6-16-9/h2-7H,8H2,1H3,(H,14,15). The highest BCUT2D eigenvalue weighted by molar-refractivity contribution is 7.98. The van der Waals surface area contributed by atoms with E-state index in [4.69, 9.17) is 4.42 Å². The predicted molar refractivity (Wildman–Crippen MR) is 77.4 cm³/mol. The van der Waals surface area contributed by atoms with E-state index < -0.39 is 0 Å². The summed E-state index contributed by atoms with van der Waals surface area (Å²) in [6.45, 7) is 0.669. The zero-order valence-corrected chi connectivity index (χ0v) is 11.5. The maximum Gasteiger partial charge on any atom is 0.184 e. The lowest BCUT2D eigenvalue weighted by atomic mass is 10.3. The van der Waals surface area contributed by atoms with Crippen molar-refractivity contribution >= 4 is 38.4 Å². The number of furan rings is 1. The van der Waals surface area contributed by atoms with Gasteiger partial charge in [0.1, 0.15) is 5.76 Å². The van der Waals surface area contributed by atoms with E-state index in [0.29, 0.717) is 6.54 Å². The van der Waals surface area contributed by atoms with Gasteiger partial charge in [0.2, 0.25) is 0 Å². The van der Waals surface area contributed by atoms with E-state index >= 15 is 0 Å². The molecule has 0 saturated carbocycles. The predicted octanol–water partition coefficient (Wildman–Crippen LogP) is 4.22. The molecule has 5 heteroatoms. The molecule has 0 bridgehead atoms. The van der Waals surface area contributed by atoms with Gasteiger partial charge in [-0.3, -0.25) is 0 Å². The van der Waals surface area contributed by atoms with Crippen LogP contribution in [-0.4, -0.2) is 11.2 Å². The molecule has 3 nitrogen and oxygen atoms in total. The van der Waals surface area contributed by atoms with Crippen molar-refractivity contribution in [1.82, 2.24) is 4.98 Å². The fourth-order valence-electron chi connectivity index (χ4n) is 1.68. The maximum absolute atomic E-state index is 5.28. The Bertz CT molecular complexity index is 646. The first-order valence-corrected chi connectivity index (χ1v) is 7.60. The van der Waals surface area contributed by atoms with Crippen molar-refractivity contribution in [3.8, 4) is 0 Å². The minimum atomic E-state index is 0.669. The normalized spacial score (nSPS) is 10.9. The SMILES string of the molecule is CSc1ccc2nc(NCc3ccco3)sc2c1. The van der Waals surface area contributed by atoms with Crippen LogP contribution in [-0.2, 0) is 6.54 Å². The lowest BCUT2D eigenvalue weighted by Crippen LogP contribution is -1.96. The maximum atomic E-state index is 5.28. The zero-order valence-electron chi connectivity index (χ0n) is 9.84. The Hall–Kier alpha value is -1.46. The average molecular weight is 276 g/mol. The van der Waals surface area contributed by atoms with Gasteiger partial charge in [-0.1, -0.05) is 11.3 Å². The van der Waals surface area contributed by atoms with E-state index in [-0.39, 0.29) is 0 Å². The first-order chi connectivity index (χ1) is 8.85. The molecule has 0 saturated heterocycles. The van der Waals surface area contributed by atoms with Crippen LogP contribution in [0.5, 0.6) is 0 Å². The van der Waals surface area contributed by atoms with Crippen LogP contribution in [0.2, 0.25) is 0 Å². The Morgan fingerprint density at radius 1 is 1.39 bits per heavy atom. The molecule has 0 radical (unpaired) electrons. The molecule has 2 heterocycles. The summed E-state index contributed by atoms with van der Waals surface area (Å²) in [6, 6.07) is 10.2. The van der Waals surface area contributed by atoms with Gasteiger partial charge in [0.15, 0.2) is 5.13 Å². The average Bonchev–Trinajstić information content (AvgIpc) is 3.04. The Balaban J connectivity index is 1.80. The summed E-state index contributed by atoms with van der Waals surface area (Å²) in [4.78, 5) is 5.81. The van der Waals surface area contributed by atoms with Crippen LogP contribution in [0, 0.1) is 0 Å². The number of aromatic nitrogens is 1. The number of hydrogen-bond donors (Lipinski definition) is 1. The zero-order chi connectivity index (χ0) is 12.4. The minimum absolute atomic E-state index is 0.669. The number of rotatable bonds is 4. The topological polar surface area (TPSA) is 38.1 Å². The van der Waals surface area contributed by atoms with Gasteiger partial charge >= 0.3 is 0 Å². The third kappa shape index (κ3) is 2.37. The molecular weight excluding hydrogens is 264 g/mol. The monoisotopic (exact) mass is 276 g/mol. The van der Waals surface area contributed by atoms with Gasteiger partial charge in [-0.15, -0.1) is 11.8 Å². The highest BCUT2D eigenvalue weighted by Crippen LogP contribution is 2.29. The molecule has 3 rings (SSSR count). The molecule has 18 heavy (non-hydrogen) atoms. The van der Waals surface area contributed by atoms with Gasteiger partial charge in [0.05, 0.1) is 23.0 Å². The molecule has 0 spiro atoms. The molecule has 1 aromatic carbocycles. The summed E-state index contributed by atoms with van der Waals surface area (Å²) in [7, 11) is 0. The second-order valence-electron chi connectivity index (χ2n) is 3.79. The van der Waals surface area contributed by atoms with Crippen molar-refractivity contribution < 1.29 is 4.42 Å². The number of anilines is 1. The van der Waals surface area contributed by atoms with E-state index in [9.17, 15) is 0 Å². The van der Waals surface area contributed by atoms with Gasteiger partial charge in [-0.05, 0) is 36.6 Å². The highest BCUT2D eigenvalue weighted by atomic mass is 32.2. The van der Waals surface area contributed by atoms with Crippen LogP contribution >= 0.6 is 23.1 Å². The van der Waals surface area contributed by atoms with Crippen LogP contribution in [0.3, 0.4) is 0 Å². The number of fused-ring (bicyclic) bond motifs is 1. The van der Waals surface area contributed by atoms with Crippen molar-refractivity contribution in [3.05, 3.63) is 42.4 Å². The van der Waals surface area contributed by atoms with Crippen LogP contribution < -0.4 is 5.32 Å². The molecule has 0 aliphatic carbocycles. The largest absolute Gasteiger partial charge is 0.467 e. The van der Waals surface area contributed by atoms with Crippen molar-refractivity contribution in [3.63, 3.8) is 0 Å². The minimum Gasteiger partial charge on any atom is -0.467 e. The lowest BCUT2D eigenvalue weighted by Gasteiger charge is -1.97. The Kier molecular flexibility index (Phi) is 3.25. The second kappa shape index (κ2) is 5.04. The highest BCUT2D eigenvalue weighted by Gasteiger charge is 2.05. The molecule has 0 aliphatic rings. The summed E-state index contributed by atoms with van der Waals surface area (Å²) < 4.78 is 6.49. The Morgan fingerprint density at radius 2 is 2.33 bits per heavy atom. The van der Waals surface area contributed by atoms with Gasteiger partial charge in [-0.25, -0.2) is 4.98 Å². The smallest absolute Gasteiger partial charge is 0.184 e. The van der Waals surface area contributed by atoms with Crippen LogP contribution in [0.1, 0.15) is 5.76 Å². The van der Waals surface area contributed by atoms with Crippen LogP contribution in [0.15, 0.2) is 45.9 Å². The molecule has 92 valence electrons. The van der Waals surface area contributed by atoms with E-state index in [1.807, 2.05) is 12.1 Å². The Labute approximate surface area is 113 Å². The summed E-state index contributed by atoms with van der Waals surface area (Å²) in [5.74, 6) is 0.916. The lowest BCUT2D eigenvalue weighted by molar-refractivity contribution is 0.518. The van der Waals surface area contributed by atoms with E-state index in [1.165, 1.54) is 9.60 Å². The first-order valence-electron chi connectivity index (χ1n) is 5.56. The van der Waals surface area contributed by atoms with Gasteiger partial charge in [0.25, 0.3) is 0 Å². The number of thiazole rings is 1. The summed E-state index contributed by atoms with van der Waals surface area (Å²) >= 11 is 3.42. The van der Waals surface area contributed by atoms with Gasteiger partial charge in [0, 0.05) is 4.90 Å². The molecule has 0 fully saturated rings. The van der Waals surface area contributed by atoms with Crippen molar-refractivity contribution in [2.45, 2.75) is 11.4 Å². The molecule has 0 atom stereocenters. The van der Waals surface area contributed by atoms with Crippen molar-refractivity contribution in [2.24, 2.45) is 0 Å². The van der Waals surface area contributed by atoms with E-state index in [1.54, 1.807) is 29.4 Å². The third-order valence-corrected chi connectivity index (χ3v) is 4.29. The number of nitrogens with zero attached hydrogens (tertiary/aromatic N) is 1. The molecule has 2 aromatic heterocycles.